The maximum atomic E-state index is 13.0. The maximum Gasteiger partial charge on any atom is 0.123 e. The molecule has 1 fully saturated rings. The molecule has 0 N–H and O–H groups in total. The van der Waals surface area contributed by atoms with E-state index in [1.165, 1.54) is 37.8 Å². The van der Waals surface area contributed by atoms with Crippen LogP contribution in [0.4, 0.5) is 10.1 Å². The van der Waals surface area contributed by atoms with Gasteiger partial charge in [0.25, 0.3) is 0 Å². The van der Waals surface area contributed by atoms with E-state index in [0.717, 1.165) is 27.3 Å². The van der Waals surface area contributed by atoms with Crippen LogP contribution in [-0.2, 0) is 0 Å². The van der Waals surface area contributed by atoms with Crippen LogP contribution in [0.1, 0.15) is 25.7 Å². The number of para-hydroxylation sites is 1. The normalized spacial score (nSPS) is 16.0. The molecule has 0 spiro atoms. The predicted molar refractivity (Wildman–Crippen MR) is 109 cm³/mol. The molecule has 4 heteroatoms. The average molecular weight is 372 g/mol. The van der Waals surface area contributed by atoms with Crippen molar-refractivity contribution in [1.29, 1.82) is 0 Å². The molecule has 3 rings (SSSR count). The molecule has 1 saturated carbocycles. The molecule has 0 unspecified atom stereocenters. The third-order valence-electron chi connectivity index (χ3n) is 4.17. The highest BCUT2D eigenvalue weighted by molar-refractivity contribution is 8.14. The molecule has 130 valence electrons. The van der Waals surface area contributed by atoms with Gasteiger partial charge >= 0.3 is 0 Å². The van der Waals surface area contributed by atoms with Crippen molar-refractivity contribution in [2.45, 2.75) is 30.6 Å². The molecule has 0 amide bonds. The van der Waals surface area contributed by atoms with Crippen LogP contribution in [0.3, 0.4) is 0 Å². The summed E-state index contributed by atoms with van der Waals surface area (Å²) in [6.07, 6.45) is 7.50. The fourth-order valence-electron chi connectivity index (χ4n) is 2.81. The van der Waals surface area contributed by atoms with Gasteiger partial charge in [-0.3, -0.25) is 0 Å². The maximum absolute atomic E-state index is 13.0. The van der Waals surface area contributed by atoms with Gasteiger partial charge in [0.2, 0.25) is 0 Å². The van der Waals surface area contributed by atoms with E-state index in [2.05, 4.69) is 6.08 Å². The molecule has 25 heavy (non-hydrogen) atoms. The first-order chi connectivity index (χ1) is 12.3. The summed E-state index contributed by atoms with van der Waals surface area (Å²) in [6.45, 7) is 0. The van der Waals surface area contributed by atoms with E-state index < -0.39 is 0 Å². The lowest BCUT2D eigenvalue weighted by molar-refractivity contribution is 0.624. The number of rotatable bonds is 6. The van der Waals surface area contributed by atoms with E-state index in [1.807, 2.05) is 47.5 Å². The molecule has 0 atom stereocenters. The molecule has 1 aliphatic rings. The summed E-state index contributed by atoms with van der Waals surface area (Å²) >= 11 is 3.43. The summed E-state index contributed by atoms with van der Waals surface area (Å²) in [6, 6.07) is 16.6. The third kappa shape index (κ3) is 6.37. The van der Waals surface area contributed by atoms with Crippen molar-refractivity contribution in [3.63, 3.8) is 0 Å². The van der Waals surface area contributed by atoms with Gasteiger partial charge in [-0.2, -0.15) is 0 Å². The number of hydrogen-bond donors (Lipinski definition) is 0. The monoisotopic (exact) mass is 371 g/mol. The summed E-state index contributed by atoms with van der Waals surface area (Å²) in [7, 11) is 0. The lowest BCUT2D eigenvalue weighted by atomic mass is 10.1. The second-order valence-corrected chi connectivity index (χ2v) is 8.14. The van der Waals surface area contributed by atoms with Crippen LogP contribution in [0, 0.1) is 11.7 Å². The zero-order valence-corrected chi connectivity index (χ0v) is 15.7. The van der Waals surface area contributed by atoms with Gasteiger partial charge in [-0.25, -0.2) is 9.38 Å². The van der Waals surface area contributed by atoms with E-state index in [9.17, 15) is 4.39 Å². The summed E-state index contributed by atoms with van der Waals surface area (Å²) < 4.78 is 13.0. The molecule has 2 aromatic carbocycles. The van der Waals surface area contributed by atoms with E-state index in [0.29, 0.717) is 0 Å². The largest absolute Gasteiger partial charge is 0.242 e. The van der Waals surface area contributed by atoms with Crippen molar-refractivity contribution in [3.8, 4) is 0 Å². The van der Waals surface area contributed by atoms with Crippen molar-refractivity contribution in [3.05, 3.63) is 71.9 Å². The van der Waals surface area contributed by atoms with Gasteiger partial charge in [-0.15, -0.1) is 11.8 Å². The quantitative estimate of drug-likeness (QED) is 0.305. The molecule has 0 saturated heterocycles. The van der Waals surface area contributed by atoms with E-state index in [1.54, 1.807) is 23.9 Å². The Bertz CT molecular complexity index is 704. The lowest BCUT2D eigenvalue weighted by Gasteiger charge is -2.08. The van der Waals surface area contributed by atoms with Crippen LogP contribution in [0.15, 0.2) is 76.0 Å². The van der Waals surface area contributed by atoms with Crippen molar-refractivity contribution >= 4 is 34.3 Å². The van der Waals surface area contributed by atoms with E-state index in [-0.39, 0.29) is 5.82 Å². The zero-order valence-electron chi connectivity index (χ0n) is 14.1. The smallest absolute Gasteiger partial charge is 0.123 e. The SMILES string of the molecule is Fc1ccc(S/C=C/C(=Nc2ccccc2)SCC2CCCC2)cc1. The fraction of sp³-hybridized carbons (Fsp3) is 0.286. The fourth-order valence-corrected chi connectivity index (χ4v) is 4.62. The molecule has 1 aliphatic carbocycles. The second kappa shape index (κ2) is 9.83. The van der Waals surface area contributed by atoms with Crippen LogP contribution < -0.4 is 0 Å². The van der Waals surface area contributed by atoms with Gasteiger partial charge in [0.05, 0.1) is 10.7 Å². The molecule has 0 bridgehead atoms. The first kappa shape index (κ1) is 18.3. The Hall–Kier alpha value is -1.52. The third-order valence-corrected chi connectivity index (χ3v) is 6.14. The number of nitrogens with zero attached hydrogens (tertiary/aromatic N) is 1. The van der Waals surface area contributed by atoms with Crippen LogP contribution in [0.25, 0.3) is 0 Å². The van der Waals surface area contributed by atoms with Gasteiger partial charge in [0.15, 0.2) is 0 Å². The summed E-state index contributed by atoms with van der Waals surface area (Å²) in [5.74, 6) is 1.76. The molecule has 0 radical (unpaired) electrons. The van der Waals surface area contributed by atoms with Gasteiger partial charge < -0.3 is 0 Å². The van der Waals surface area contributed by atoms with E-state index >= 15 is 0 Å². The Kier molecular flexibility index (Phi) is 7.19. The highest BCUT2D eigenvalue weighted by Crippen LogP contribution is 2.29. The predicted octanol–water partition coefficient (Wildman–Crippen LogP) is 7.09. The number of benzene rings is 2. The van der Waals surface area contributed by atoms with Gasteiger partial charge in [-0.05, 0) is 66.6 Å². The van der Waals surface area contributed by atoms with Crippen LogP contribution >= 0.6 is 23.5 Å². The van der Waals surface area contributed by atoms with Gasteiger partial charge in [0, 0.05) is 10.6 Å². The molecular weight excluding hydrogens is 349 g/mol. The Morgan fingerprint density at radius 2 is 1.76 bits per heavy atom. The van der Waals surface area contributed by atoms with Crippen molar-refractivity contribution in [1.82, 2.24) is 0 Å². The van der Waals surface area contributed by atoms with E-state index in [4.69, 9.17) is 4.99 Å². The summed E-state index contributed by atoms with van der Waals surface area (Å²) in [5.41, 5.74) is 0.979. The number of aliphatic imine (C=N–C) groups is 1. The Balaban J connectivity index is 1.65. The average Bonchev–Trinajstić information content (AvgIpc) is 3.16. The standard InChI is InChI=1S/C21H22FNS2/c22-18-10-12-20(13-11-18)24-15-14-21(23-19-8-2-1-3-9-19)25-16-17-6-4-5-7-17/h1-3,8-15,17H,4-7,16H2/b15-14+,23-21?. The van der Waals surface area contributed by atoms with Crippen molar-refractivity contribution < 1.29 is 4.39 Å². The molecular formula is C21H22FNS2. The molecule has 0 heterocycles. The van der Waals surface area contributed by atoms with Crippen molar-refractivity contribution in [2.75, 3.05) is 5.75 Å². The molecule has 2 aromatic rings. The lowest BCUT2D eigenvalue weighted by Crippen LogP contribution is -1.99. The minimum atomic E-state index is -0.202. The first-order valence-electron chi connectivity index (χ1n) is 8.65. The second-order valence-electron chi connectivity index (χ2n) is 6.12. The highest BCUT2D eigenvalue weighted by Gasteiger charge is 2.15. The minimum absolute atomic E-state index is 0.202. The Morgan fingerprint density at radius 1 is 1.04 bits per heavy atom. The van der Waals surface area contributed by atoms with Gasteiger partial charge in [-0.1, -0.05) is 42.8 Å². The summed E-state index contributed by atoms with van der Waals surface area (Å²) in [4.78, 5) is 5.81. The zero-order chi connectivity index (χ0) is 17.3. The Labute approximate surface area is 157 Å². The number of hydrogen-bond acceptors (Lipinski definition) is 3. The highest BCUT2D eigenvalue weighted by atomic mass is 32.2. The minimum Gasteiger partial charge on any atom is -0.242 e. The number of thioether (sulfide) groups is 2. The van der Waals surface area contributed by atoms with Crippen LogP contribution in [0.2, 0.25) is 0 Å². The molecule has 0 aliphatic heterocycles. The number of halogens is 1. The van der Waals surface area contributed by atoms with Gasteiger partial charge in [0.1, 0.15) is 5.82 Å². The van der Waals surface area contributed by atoms with Crippen LogP contribution in [-0.4, -0.2) is 10.8 Å². The van der Waals surface area contributed by atoms with Crippen LogP contribution in [0.5, 0.6) is 0 Å². The molecule has 1 nitrogen and oxygen atoms in total. The Morgan fingerprint density at radius 3 is 2.48 bits per heavy atom. The van der Waals surface area contributed by atoms with Crippen molar-refractivity contribution in [2.24, 2.45) is 10.9 Å². The molecule has 0 aromatic heterocycles. The topological polar surface area (TPSA) is 12.4 Å². The summed E-state index contributed by atoms with van der Waals surface area (Å²) in [5, 5.41) is 3.07. The first-order valence-corrected chi connectivity index (χ1v) is 10.5.